The largest absolute Gasteiger partial charge is 0.460 e. The highest BCUT2D eigenvalue weighted by Crippen LogP contribution is 2.62. The minimum absolute atomic E-state index is 0.0257. The van der Waals surface area contributed by atoms with Gasteiger partial charge in [-0.05, 0) is 90.3 Å². The SMILES string of the molecule is C=CCOC12Oc3ccc(Oc4ccc(-c5ccccc5)cc4)cc3C3C(CCCCO)C(CCCCO)C=C(C(=NOC)CC1SCC)C32. The van der Waals surface area contributed by atoms with Crippen LogP contribution in [0, 0.1) is 17.8 Å². The summed E-state index contributed by atoms with van der Waals surface area (Å²) in [4.78, 5) is 5.48. The molecule has 1 saturated carbocycles. The van der Waals surface area contributed by atoms with Crippen LogP contribution in [0.1, 0.15) is 63.4 Å². The van der Waals surface area contributed by atoms with Gasteiger partial charge in [-0.2, -0.15) is 11.8 Å². The van der Waals surface area contributed by atoms with E-state index in [1.165, 1.54) is 0 Å². The summed E-state index contributed by atoms with van der Waals surface area (Å²) in [5, 5.41) is 24.1. The quantitative estimate of drug-likeness (QED) is 0.0826. The van der Waals surface area contributed by atoms with Gasteiger partial charge in [-0.25, -0.2) is 0 Å². The zero-order valence-electron chi connectivity index (χ0n) is 29.3. The molecule has 0 saturated heterocycles. The second kappa shape index (κ2) is 17.1. The number of benzene rings is 3. The topological polar surface area (TPSA) is 89.7 Å². The molecule has 8 heteroatoms. The molecule has 266 valence electrons. The van der Waals surface area contributed by atoms with Crippen molar-refractivity contribution in [2.45, 2.75) is 68.8 Å². The molecule has 6 rings (SSSR count). The Kier molecular flexibility index (Phi) is 12.4. The summed E-state index contributed by atoms with van der Waals surface area (Å²) in [6.07, 6.45) is 10.1. The van der Waals surface area contributed by atoms with Gasteiger partial charge in [0.15, 0.2) is 0 Å². The van der Waals surface area contributed by atoms with E-state index in [4.69, 9.17) is 19.0 Å². The number of fused-ring (bicyclic) bond motifs is 2. The van der Waals surface area contributed by atoms with Gasteiger partial charge in [0.2, 0.25) is 5.79 Å². The van der Waals surface area contributed by atoms with Crippen LogP contribution in [0.3, 0.4) is 0 Å². The molecule has 1 aliphatic heterocycles. The summed E-state index contributed by atoms with van der Waals surface area (Å²) in [5.74, 6) is 2.68. The molecule has 7 nitrogen and oxygen atoms in total. The molecule has 0 amide bonds. The van der Waals surface area contributed by atoms with Crippen molar-refractivity contribution in [3.05, 3.63) is 103 Å². The van der Waals surface area contributed by atoms with Crippen molar-refractivity contribution in [3.8, 4) is 28.4 Å². The van der Waals surface area contributed by atoms with Crippen LogP contribution in [0.5, 0.6) is 17.2 Å². The second-order valence-corrected chi connectivity index (χ2v) is 14.9. The molecular formula is C42H51NO6S. The van der Waals surface area contributed by atoms with E-state index in [9.17, 15) is 10.2 Å². The number of allylic oxidation sites excluding steroid dienone is 1. The minimum Gasteiger partial charge on any atom is -0.460 e. The van der Waals surface area contributed by atoms with Crippen molar-refractivity contribution in [1.29, 1.82) is 0 Å². The fourth-order valence-electron chi connectivity index (χ4n) is 8.33. The lowest BCUT2D eigenvalue weighted by molar-refractivity contribution is -0.223. The van der Waals surface area contributed by atoms with E-state index in [0.717, 1.165) is 89.5 Å². The van der Waals surface area contributed by atoms with Crippen LogP contribution in [-0.4, -0.2) is 59.6 Å². The predicted octanol–water partition coefficient (Wildman–Crippen LogP) is 9.16. The molecule has 0 spiro atoms. The second-order valence-electron chi connectivity index (χ2n) is 13.4. The first-order chi connectivity index (χ1) is 24.6. The van der Waals surface area contributed by atoms with Gasteiger partial charge in [-0.1, -0.05) is 79.5 Å². The molecule has 3 aliphatic rings. The van der Waals surface area contributed by atoms with Crippen LogP contribution in [0.2, 0.25) is 0 Å². The van der Waals surface area contributed by atoms with Crippen LogP contribution >= 0.6 is 11.8 Å². The molecule has 3 aromatic carbocycles. The molecule has 1 fully saturated rings. The van der Waals surface area contributed by atoms with Crippen molar-refractivity contribution in [3.63, 3.8) is 0 Å². The third-order valence-electron chi connectivity index (χ3n) is 10.4. The van der Waals surface area contributed by atoms with Crippen molar-refractivity contribution in [2.24, 2.45) is 22.9 Å². The fourth-order valence-corrected chi connectivity index (χ4v) is 9.51. The minimum atomic E-state index is -0.938. The Hall–Kier alpha value is -3.56. The maximum atomic E-state index is 9.80. The molecule has 2 N–H and O–H groups in total. The van der Waals surface area contributed by atoms with Gasteiger partial charge in [0.25, 0.3) is 0 Å². The van der Waals surface area contributed by atoms with Crippen LogP contribution in [0.15, 0.2) is 102 Å². The number of thioether (sulfide) groups is 1. The van der Waals surface area contributed by atoms with Crippen molar-refractivity contribution >= 4 is 17.5 Å². The van der Waals surface area contributed by atoms with Gasteiger partial charge in [0.1, 0.15) is 24.4 Å². The number of ether oxygens (including phenoxy) is 3. The van der Waals surface area contributed by atoms with Gasteiger partial charge < -0.3 is 29.3 Å². The molecule has 6 atom stereocenters. The van der Waals surface area contributed by atoms with Crippen molar-refractivity contribution < 1.29 is 29.3 Å². The van der Waals surface area contributed by atoms with E-state index in [1.807, 2.05) is 54.2 Å². The van der Waals surface area contributed by atoms with Gasteiger partial charge in [0, 0.05) is 31.1 Å². The summed E-state index contributed by atoms with van der Waals surface area (Å²) in [6, 6.07) is 24.8. The van der Waals surface area contributed by atoms with Crippen LogP contribution in [0.4, 0.5) is 0 Å². The first-order valence-corrected chi connectivity index (χ1v) is 19.2. The lowest BCUT2D eigenvalue weighted by Crippen LogP contribution is -2.64. The van der Waals surface area contributed by atoms with Gasteiger partial charge in [0.05, 0.1) is 23.5 Å². The first kappa shape index (κ1) is 36.2. The van der Waals surface area contributed by atoms with Gasteiger partial charge >= 0.3 is 0 Å². The summed E-state index contributed by atoms with van der Waals surface area (Å²) in [6.45, 7) is 6.88. The summed E-state index contributed by atoms with van der Waals surface area (Å²) >= 11 is 1.84. The van der Waals surface area contributed by atoms with E-state index < -0.39 is 5.79 Å². The summed E-state index contributed by atoms with van der Waals surface area (Å²) in [7, 11) is 1.62. The third kappa shape index (κ3) is 7.54. The zero-order valence-corrected chi connectivity index (χ0v) is 30.2. The van der Waals surface area contributed by atoms with Crippen molar-refractivity contribution in [1.82, 2.24) is 0 Å². The molecule has 50 heavy (non-hydrogen) atoms. The standard InChI is InChI=1S/C42H51NO6S/c1-4-25-47-42-39(50-5-2)28-37(43-46-3)35-26-31(15-9-11-23-44)34(16-10-12-24-45)40(41(35)42)36-27-33(21-22-38(36)49-42)48-32-19-17-30(18-20-32)29-13-7-6-8-14-29/h4,6-8,13-14,17-22,26-27,31,34,39-41,44-45H,1,5,9-12,15-16,23-25,28H2,2-3H3. The van der Waals surface area contributed by atoms with Crippen molar-refractivity contribution in [2.75, 3.05) is 32.7 Å². The lowest BCUT2D eigenvalue weighted by Gasteiger charge is -2.58. The van der Waals surface area contributed by atoms with Gasteiger partial charge in [-0.15, -0.1) is 6.58 Å². The Bertz CT molecular complexity index is 1620. The van der Waals surface area contributed by atoms with Gasteiger partial charge in [-0.3, -0.25) is 0 Å². The van der Waals surface area contributed by atoms with E-state index in [-0.39, 0.29) is 42.1 Å². The van der Waals surface area contributed by atoms with E-state index in [0.29, 0.717) is 13.0 Å². The molecule has 0 bridgehead atoms. The van der Waals surface area contributed by atoms with Crippen LogP contribution in [-0.2, 0) is 9.57 Å². The molecule has 0 radical (unpaired) electrons. The van der Waals surface area contributed by atoms with E-state index in [2.05, 4.69) is 55.1 Å². The average molecular weight is 698 g/mol. The molecular weight excluding hydrogens is 647 g/mol. The lowest BCUT2D eigenvalue weighted by atomic mass is 9.56. The molecule has 1 heterocycles. The maximum absolute atomic E-state index is 9.80. The molecule has 2 aliphatic carbocycles. The number of rotatable bonds is 17. The number of nitrogens with zero attached hydrogens (tertiary/aromatic N) is 1. The Labute approximate surface area is 301 Å². The highest BCUT2D eigenvalue weighted by atomic mass is 32.2. The fraction of sp³-hybridized carbons (Fsp3) is 0.452. The molecule has 0 aromatic heterocycles. The zero-order chi connectivity index (χ0) is 34.9. The summed E-state index contributed by atoms with van der Waals surface area (Å²) in [5.41, 5.74) is 5.49. The Morgan fingerprint density at radius 2 is 1.66 bits per heavy atom. The Balaban J connectivity index is 1.46. The highest BCUT2D eigenvalue weighted by molar-refractivity contribution is 8.00. The highest BCUT2D eigenvalue weighted by Gasteiger charge is 2.63. The maximum Gasteiger partial charge on any atom is 0.230 e. The first-order valence-electron chi connectivity index (χ1n) is 18.1. The predicted molar refractivity (Wildman–Crippen MR) is 202 cm³/mol. The summed E-state index contributed by atoms with van der Waals surface area (Å²) < 4.78 is 20.6. The average Bonchev–Trinajstić information content (AvgIpc) is 3.14. The number of hydrogen-bond acceptors (Lipinski definition) is 8. The number of aliphatic hydroxyl groups is 2. The van der Waals surface area contributed by atoms with Crippen LogP contribution < -0.4 is 9.47 Å². The van der Waals surface area contributed by atoms with Crippen LogP contribution in [0.25, 0.3) is 11.1 Å². The molecule has 3 aromatic rings. The number of hydrogen-bond donors (Lipinski definition) is 2. The monoisotopic (exact) mass is 697 g/mol. The number of oxime groups is 1. The van der Waals surface area contributed by atoms with E-state index >= 15 is 0 Å². The Morgan fingerprint density at radius 3 is 2.36 bits per heavy atom. The van der Waals surface area contributed by atoms with E-state index in [1.54, 1.807) is 13.2 Å². The number of unbranched alkanes of at least 4 members (excludes halogenated alkanes) is 2. The smallest absolute Gasteiger partial charge is 0.230 e. The number of aliphatic hydroxyl groups excluding tert-OH is 2. The molecule has 6 unspecified atom stereocenters. The normalized spacial score (nSPS) is 26.0. The third-order valence-corrected chi connectivity index (χ3v) is 11.6. The Morgan fingerprint density at radius 1 is 0.940 bits per heavy atom.